The van der Waals surface area contributed by atoms with Crippen LogP contribution in [0.3, 0.4) is 0 Å². The Morgan fingerprint density at radius 1 is 1.54 bits per heavy atom. The zero-order chi connectivity index (χ0) is 9.64. The normalized spacial score (nSPS) is 44.5. The number of allylic oxidation sites excluding steroid dienone is 2. The minimum atomic E-state index is -0.101. The van der Waals surface area contributed by atoms with Gasteiger partial charge in [-0.05, 0) is 38.5 Å². The van der Waals surface area contributed by atoms with E-state index in [2.05, 4.69) is 26.8 Å². The van der Waals surface area contributed by atoms with Crippen molar-refractivity contribution in [3.63, 3.8) is 0 Å². The highest BCUT2D eigenvalue weighted by molar-refractivity contribution is 5.89. The Bertz CT molecular complexity index is 277. The van der Waals surface area contributed by atoms with Crippen LogP contribution in [0.25, 0.3) is 0 Å². The molecule has 0 radical (unpaired) electrons. The summed E-state index contributed by atoms with van der Waals surface area (Å²) in [6.07, 6.45) is 5.37. The molecule has 0 aliphatic heterocycles. The average Bonchev–Trinajstić information content (AvgIpc) is 2.32. The molecule has 72 valence electrons. The first-order chi connectivity index (χ1) is 6.04. The van der Waals surface area contributed by atoms with Crippen molar-refractivity contribution in [2.75, 3.05) is 0 Å². The highest BCUT2D eigenvalue weighted by Gasteiger charge is 2.46. The van der Waals surface area contributed by atoms with E-state index in [0.29, 0.717) is 17.6 Å². The molecule has 0 aromatic carbocycles. The molecule has 2 rings (SSSR count). The van der Waals surface area contributed by atoms with E-state index in [4.69, 9.17) is 0 Å². The Kier molecular flexibility index (Phi) is 1.86. The fourth-order valence-electron chi connectivity index (χ4n) is 2.89. The van der Waals surface area contributed by atoms with Gasteiger partial charge in [0.15, 0.2) is 0 Å². The first-order valence-corrected chi connectivity index (χ1v) is 5.26. The van der Waals surface area contributed by atoms with Crippen LogP contribution in [0, 0.1) is 17.3 Å². The maximum absolute atomic E-state index is 11.7. The predicted octanol–water partition coefficient (Wildman–Crippen LogP) is 2.96. The van der Waals surface area contributed by atoms with Crippen molar-refractivity contribution in [3.8, 4) is 0 Å². The predicted molar refractivity (Wildman–Crippen MR) is 53.4 cm³/mol. The number of fused-ring (bicyclic) bond motifs is 1. The van der Waals surface area contributed by atoms with Gasteiger partial charge in [0.1, 0.15) is 5.78 Å². The summed E-state index contributed by atoms with van der Waals surface area (Å²) in [6.45, 7) is 6.56. The van der Waals surface area contributed by atoms with E-state index in [1.165, 1.54) is 12.0 Å². The third-order valence-electron chi connectivity index (χ3n) is 4.11. The molecule has 0 aromatic rings. The molecule has 0 spiro atoms. The lowest BCUT2D eigenvalue weighted by atomic mass is 9.68. The molecule has 0 saturated heterocycles. The summed E-state index contributed by atoms with van der Waals surface area (Å²) in [5, 5.41) is 0. The van der Waals surface area contributed by atoms with Crippen LogP contribution in [-0.2, 0) is 4.79 Å². The summed E-state index contributed by atoms with van der Waals surface area (Å²) < 4.78 is 0. The van der Waals surface area contributed by atoms with Gasteiger partial charge in [-0.1, -0.05) is 18.6 Å². The molecule has 0 N–H and O–H groups in total. The molecule has 13 heavy (non-hydrogen) atoms. The zero-order valence-electron chi connectivity index (χ0n) is 8.76. The Balaban J connectivity index is 2.39. The maximum atomic E-state index is 11.7. The summed E-state index contributed by atoms with van der Waals surface area (Å²) in [4.78, 5) is 11.7. The van der Waals surface area contributed by atoms with Gasteiger partial charge in [-0.25, -0.2) is 0 Å². The molecule has 1 heteroatoms. The number of carbonyl (C=O) groups is 1. The Labute approximate surface area is 80.2 Å². The van der Waals surface area contributed by atoms with E-state index < -0.39 is 0 Å². The van der Waals surface area contributed by atoms with Gasteiger partial charge in [-0.3, -0.25) is 4.79 Å². The SMILES string of the molecule is CC1=C[C@@]2(C)C(=O)CC[C@H]2C[C@@H]1C. The molecule has 0 heterocycles. The lowest BCUT2D eigenvalue weighted by Crippen LogP contribution is -2.32. The van der Waals surface area contributed by atoms with Crippen LogP contribution in [0.2, 0.25) is 0 Å². The van der Waals surface area contributed by atoms with Crippen molar-refractivity contribution in [1.29, 1.82) is 0 Å². The minimum Gasteiger partial charge on any atom is -0.299 e. The molecular formula is C12H18O. The minimum absolute atomic E-state index is 0.101. The van der Waals surface area contributed by atoms with Gasteiger partial charge < -0.3 is 0 Å². The molecule has 0 amide bonds. The highest BCUT2D eigenvalue weighted by atomic mass is 16.1. The average molecular weight is 178 g/mol. The van der Waals surface area contributed by atoms with Crippen molar-refractivity contribution < 1.29 is 4.79 Å². The molecular weight excluding hydrogens is 160 g/mol. The zero-order valence-corrected chi connectivity index (χ0v) is 8.76. The monoisotopic (exact) mass is 178 g/mol. The molecule has 1 fully saturated rings. The smallest absolute Gasteiger partial charge is 0.142 e. The number of Topliss-reactive ketones (excluding diaryl/α,β-unsaturated/α-hetero) is 1. The first kappa shape index (κ1) is 8.98. The van der Waals surface area contributed by atoms with Crippen LogP contribution < -0.4 is 0 Å². The number of hydrogen-bond acceptors (Lipinski definition) is 1. The molecule has 3 atom stereocenters. The van der Waals surface area contributed by atoms with Crippen LogP contribution in [0.15, 0.2) is 11.6 Å². The van der Waals surface area contributed by atoms with Gasteiger partial charge in [0.2, 0.25) is 0 Å². The highest BCUT2D eigenvalue weighted by Crippen LogP contribution is 2.49. The Hall–Kier alpha value is -0.590. The van der Waals surface area contributed by atoms with Crippen LogP contribution >= 0.6 is 0 Å². The maximum Gasteiger partial charge on any atom is 0.142 e. The number of hydrogen-bond donors (Lipinski definition) is 0. The van der Waals surface area contributed by atoms with Crippen molar-refractivity contribution in [3.05, 3.63) is 11.6 Å². The molecule has 0 unspecified atom stereocenters. The van der Waals surface area contributed by atoms with Crippen LogP contribution in [0.4, 0.5) is 0 Å². The van der Waals surface area contributed by atoms with Gasteiger partial charge in [-0.2, -0.15) is 0 Å². The largest absolute Gasteiger partial charge is 0.299 e. The van der Waals surface area contributed by atoms with E-state index in [1.807, 2.05) is 0 Å². The topological polar surface area (TPSA) is 17.1 Å². The molecule has 1 nitrogen and oxygen atoms in total. The lowest BCUT2D eigenvalue weighted by Gasteiger charge is -2.35. The van der Waals surface area contributed by atoms with Crippen molar-refractivity contribution in [2.24, 2.45) is 17.3 Å². The van der Waals surface area contributed by atoms with Crippen LogP contribution in [-0.4, -0.2) is 5.78 Å². The van der Waals surface area contributed by atoms with E-state index in [0.717, 1.165) is 12.8 Å². The van der Waals surface area contributed by atoms with Gasteiger partial charge in [0.25, 0.3) is 0 Å². The fourth-order valence-corrected chi connectivity index (χ4v) is 2.89. The second-order valence-electron chi connectivity index (χ2n) is 4.97. The standard InChI is InChI=1S/C12H18O/c1-8-6-10-4-5-11(13)12(10,3)7-9(8)2/h7-8,10H,4-6H2,1-3H3/t8-,10-,12+/m0/s1. The lowest BCUT2D eigenvalue weighted by molar-refractivity contribution is -0.124. The second-order valence-corrected chi connectivity index (χ2v) is 4.97. The summed E-state index contributed by atoms with van der Waals surface area (Å²) in [5.74, 6) is 1.77. The summed E-state index contributed by atoms with van der Waals surface area (Å²) >= 11 is 0. The fraction of sp³-hybridized carbons (Fsp3) is 0.750. The number of carbonyl (C=O) groups excluding carboxylic acids is 1. The molecule has 0 bridgehead atoms. The molecule has 0 aromatic heterocycles. The number of rotatable bonds is 0. The Morgan fingerprint density at radius 2 is 2.23 bits per heavy atom. The van der Waals surface area contributed by atoms with Crippen molar-refractivity contribution in [2.45, 2.75) is 40.0 Å². The van der Waals surface area contributed by atoms with Crippen LogP contribution in [0.1, 0.15) is 40.0 Å². The first-order valence-electron chi connectivity index (χ1n) is 5.26. The van der Waals surface area contributed by atoms with Crippen molar-refractivity contribution in [1.82, 2.24) is 0 Å². The van der Waals surface area contributed by atoms with Gasteiger partial charge >= 0.3 is 0 Å². The van der Waals surface area contributed by atoms with Crippen molar-refractivity contribution >= 4 is 5.78 Å². The van der Waals surface area contributed by atoms with Gasteiger partial charge in [0, 0.05) is 11.8 Å². The van der Waals surface area contributed by atoms with E-state index in [-0.39, 0.29) is 5.41 Å². The molecule has 1 saturated carbocycles. The molecule has 2 aliphatic rings. The van der Waals surface area contributed by atoms with Gasteiger partial charge in [-0.15, -0.1) is 0 Å². The second kappa shape index (κ2) is 2.70. The van der Waals surface area contributed by atoms with Crippen LogP contribution in [0.5, 0.6) is 0 Å². The van der Waals surface area contributed by atoms with E-state index in [9.17, 15) is 4.79 Å². The quantitative estimate of drug-likeness (QED) is 0.521. The summed E-state index contributed by atoms with van der Waals surface area (Å²) in [5.41, 5.74) is 1.31. The third kappa shape index (κ3) is 1.17. The molecule has 2 aliphatic carbocycles. The van der Waals surface area contributed by atoms with E-state index in [1.54, 1.807) is 0 Å². The Morgan fingerprint density at radius 3 is 2.92 bits per heavy atom. The number of ketones is 1. The summed E-state index contributed by atoms with van der Waals surface area (Å²) in [7, 11) is 0. The van der Waals surface area contributed by atoms with Gasteiger partial charge in [0.05, 0.1) is 0 Å². The van der Waals surface area contributed by atoms with E-state index >= 15 is 0 Å². The summed E-state index contributed by atoms with van der Waals surface area (Å²) in [6, 6.07) is 0. The third-order valence-corrected chi connectivity index (χ3v) is 4.11.